The molecule has 2 aliphatic heterocycles. The van der Waals surface area contributed by atoms with E-state index in [1.165, 1.54) is 43.4 Å². The molecule has 2 aromatic carbocycles. The van der Waals surface area contributed by atoms with E-state index in [1.54, 1.807) is 32.9 Å². The molecular weight excluding hydrogens is 474 g/mol. The van der Waals surface area contributed by atoms with Gasteiger partial charge in [0, 0.05) is 35.4 Å². The number of sulfonamides is 1. The standard InChI is InChI=1S/C28H37N3O4S/c1-26(2,3)30-36(33,34)22-7-5-6-21(17-22)29-25(32)23-9-8-20(27(4)18-35-19-27)16-24(23)31-14-12-28(10-11-28)13-15-31/h5-9,16-17,30H,10-15,18-19H2,1-4H3,(H,29,32). The Morgan fingerprint density at radius 1 is 1.00 bits per heavy atom. The summed E-state index contributed by atoms with van der Waals surface area (Å²) in [5.74, 6) is -0.239. The van der Waals surface area contributed by atoms with Crippen molar-refractivity contribution in [3.63, 3.8) is 0 Å². The third-order valence-corrected chi connectivity index (χ3v) is 9.50. The Kier molecular flexibility index (Phi) is 6.21. The molecule has 2 heterocycles. The lowest BCUT2D eigenvalue weighted by Gasteiger charge is -2.40. The molecule has 2 N–H and O–H groups in total. The van der Waals surface area contributed by atoms with E-state index in [1.807, 2.05) is 12.1 Å². The smallest absolute Gasteiger partial charge is 0.257 e. The summed E-state index contributed by atoms with van der Waals surface area (Å²) in [6.45, 7) is 10.8. The Morgan fingerprint density at radius 3 is 2.28 bits per heavy atom. The number of piperidine rings is 1. The van der Waals surface area contributed by atoms with Crippen LogP contribution in [0.15, 0.2) is 47.4 Å². The second-order valence-electron chi connectivity index (χ2n) is 12.1. The summed E-state index contributed by atoms with van der Waals surface area (Å²) in [4.78, 5) is 16.0. The summed E-state index contributed by atoms with van der Waals surface area (Å²) in [5.41, 5.74) is 3.10. The van der Waals surface area contributed by atoms with Gasteiger partial charge in [-0.15, -0.1) is 0 Å². The predicted molar refractivity (Wildman–Crippen MR) is 142 cm³/mol. The fourth-order valence-corrected chi connectivity index (χ4v) is 6.70. The average Bonchev–Trinajstić information content (AvgIpc) is 3.55. The molecule has 194 valence electrons. The minimum Gasteiger partial charge on any atom is -0.379 e. The molecule has 0 bridgehead atoms. The Balaban J connectivity index is 1.41. The van der Waals surface area contributed by atoms with Gasteiger partial charge >= 0.3 is 0 Å². The first-order chi connectivity index (χ1) is 16.9. The van der Waals surface area contributed by atoms with Gasteiger partial charge in [-0.05, 0) is 87.8 Å². The number of hydrogen-bond donors (Lipinski definition) is 2. The van der Waals surface area contributed by atoms with Crippen molar-refractivity contribution in [2.45, 2.75) is 69.2 Å². The number of carbonyl (C=O) groups excluding carboxylic acids is 1. The van der Waals surface area contributed by atoms with Gasteiger partial charge in [0.25, 0.3) is 5.91 Å². The largest absolute Gasteiger partial charge is 0.379 e. The first-order valence-corrected chi connectivity index (χ1v) is 14.3. The minimum atomic E-state index is -3.71. The molecule has 1 amide bonds. The van der Waals surface area contributed by atoms with Crippen LogP contribution in [0.25, 0.3) is 0 Å². The molecule has 1 aliphatic carbocycles. The lowest BCUT2D eigenvalue weighted by Crippen LogP contribution is -2.44. The van der Waals surface area contributed by atoms with Gasteiger partial charge in [-0.1, -0.05) is 19.1 Å². The Morgan fingerprint density at radius 2 is 1.69 bits per heavy atom. The molecular formula is C28H37N3O4S. The second kappa shape index (κ2) is 8.85. The van der Waals surface area contributed by atoms with Gasteiger partial charge in [-0.25, -0.2) is 13.1 Å². The molecule has 2 saturated heterocycles. The maximum Gasteiger partial charge on any atom is 0.257 e. The Bertz CT molecular complexity index is 1260. The van der Waals surface area contributed by atoms with Gasteiger partial charge in [0.15, 0.2) is 0 Å². The molecule has 0 aromatic heterocycles. The molecule has 7 nitrogen and oxygen atoms in total. The van der Waals surface area contributed by atoms with Crippen molar-refractivity contribution in [2.24, 2.45) is 5.41 Å². The zero-order chi connectivity index (χ0) is 25.8. The van der Waals surface area contributed by atoms with Gasteiger partial charge < -0.3 is 15.0 Å². The van der Waals surface area contributed by atoms with Crippen LogP contribution >= 0.6 is 0 Å². The van der Waals surface area contributed by atoms with Crippen LogP contribution in [0.1, 0.15) is 69.3 Å². The van der Waals surface area contributed by atoms with Crippen molar-refractivity contribution in [3.05, 3.63) is 53.6 Å². The number of anilines is 2. The molecule has 0 radical (unpaired) electrons. The van der Waals surface area contributed by atoms with E-state index in [-0.39, 0.29) is 16.2 Å². The highest BCUT2D eigenvalue weighted by molar-refractivity contribution is 7.89. The van der Waals surface area contributed by atoms with Crippen LogP contribution in [0.2, 0.25) is 0 Å². The van der Waals surface area contributed by atoms with Crippen molar-refractivity contribution in [3.8, 4) is 0 Å². The third kappa shape index (κ3) is 5.17. The van der Waals surface area contributed by atoms with Gasteiger partial charge in [0.2, 0.25) is 10.0 Å². The van der Waals surface area contributed by atoms with E-state index in [0.29, 0.717) is 29.9 Å². The molecule has 3 aliphatic rings. The highest BCUT2D eigenvalue weighted by Gasteiger charge is 2.45. The summed E-state index contributed by atoms with van der Waals surface area (Å²) in [5, 5.41) is 2.95. The number of amides is 1. The van der Waals surface area contributed by atoms with Crippen molar-refractivity contribution in [2.75, 3.05) is 36.5 Å². The third-order valence-electron chi connectivity index (χ3n) is 7.75. The van der Waals surface area contributed by atoms with Gasteiger partial charge in [0.1, 0.15) is 0 Å². The average molecular weight is 512 g/mol. The minimum absolute atomic E-state index is 0.0278. The molecule has 8 heteroatoms. The van der Waals surface area contributed by atoms with Crippen molar-refractivity contribution in [1.82, 2.24) is 4.72 Å². The van der Waals surface area contributed by atoms with Crippen LogP contribution in [0.5, 0.6) is 0 Å². The topological polar surface area (TPSA) is 87.7 Å². The van der Waals surface area contributed by atoms with Crippen LogP contribution in [-0.2, 0) is 20.2 Å². The normalized spacial score (nSPS) is 20.6. The van der Waals surface area contributed by atoms with Crippen LogP contribution < -0.4 is 14.9 Å². The van der Waals surface area contributed by atoms with E-state index in [2.05, 4.69) is 27.9 Å². The highest BCUT2D eigenvalue weighted by atomic mass is 32.2. The lowest BCUT2D eigenvalue weighted by molar-refractivity contribution is -0.0499. The SMILES string of the molecule is CC(C)(C)NS(=O)(=O)c1cccc(NC(=O)c2ccc(C3(C)COC3)cc2N2CCC3(CC2)CC3)c1. The number of ether oxygens (including phenoxy) is 1. The summed E-state index contributed by atoms with van der Waals surface area (Å²) in [6, 6.07) is 12.5. The fourth-order valence-electron chi connectivity index (χ4n) is 5.24. The zero-order valence-electron chi connectivity index (χ0n) is 21.7. The maximum absolute atomic E-state index is 13.5. The van der Waals surface area contributed by atoms with Crippen molar-refractivity contribution >= 4 is 27.3 Å². The number of rotatable bonds is 6. The van der Waals surface area contributed by atoms with E-state index in [0.717, 1.165) is 18.8 Å². The molecule has 36 heavy (non-hydrogen) atoms. The summed E-state index contributed by atoms with van der Waals surface area (Å²) < 4.78 is 33.8. The van der Waals surface area contributed by atoms with E-state index in [4.69, 9.17) is 4.74 Å². The van der Waals surface area contributed by atoms with Crippen LogP contribution in [0.4, 0.5) is 11.4 Å². The maximum atomic E-state index is 13.5. The van der Waals surface area contributed by atoms with Crippen molar-refractivity contribution < 1.29 is 17.9 Å². The van der Waals surface area contributed by atoms with Crippen molar-refractivity contribution in [1.29, 1.82) is 0 Å². The Hall–Kier alpha value is -2.42. The fraction of sp³-hybridized carbons (Fsp3) is 0.536. The summed E-state index contributed by atoms with van der Waals surface area (Å²) in [7, 11) is -3.71. The van der Waals surface area contributed by atoms with Gasteiger partial charge in [-0.3, -0.25) is 4.79 Å². The van der Waals surface area contributed by atoms with Crippen LogP contribution in [-0.4, -0.2) is 46.2 Å². The molecule has 2 aromatic rings. The van der Waals surface area contributed by atoms with Gasteiger partial charge in [0.05, 0.1) is 23.7 Å². The van der Waals surface area contributed by atoms with Gasteiger partial charge in [-0.2, -0.15) is 0 Å². The van der Waals surface area contributed by atoms with E-state index < -0.39 is 15.6 Å². The molecule has 3 fully saturated rings. The predicted octanol–water partition coefficient (Wildman–Crippen LogP) is 4.68. The van der Waals surface area contributed by atoms with E-state index in [9.17, 15) is 13.2 Å². The molecule has 1 spiro atoms. The summed E-state index contributed by atoms with van der Waals surface area (Å²) >= 11 is 0. The second-order valence-corrected chi connectivity index (χ2v) is 13.8. The molecule has 0 atom stereocenters. The number of nitrogens with one attached hydrogen (secondary N) is 2. The quantitative estimate of drug-likeness (QED) is 0.588. The monoisotopic (exact) mass is 511 g/mol. The molecule has 5 rings (SSSR count). The lowest BCUT2D eigenvalue weighted by atomic mass is 9.80. The Labute approximate surface area is 214 Å². The molecule has 1 saturated carbocycles. The number of carbonyl (C=O) groups is 1. The summed E-state index contributed by atoms with van der Waals surface area (Å²) in [6.07, 6.45) is 4.98. The first-order valence-electron chi connectivity index (χ1n) is 12.8. The van der Waals surface area contributed by atoms with Crippen LogP contribution in [0, 0.1) is 5.41 Å². The number of hydrogen-bond acceptors (Lipinski definition) is 5. The highest BCUT2D eigenvalue weighted by Crippen LogP contribution is 2.54. The first kappa shape index (κ1) is 25.2. The van der Waals surface area contributed by atoms with E-state index >= 15 is 0 Å². The number of benzene rings is 2. The zero-order valence-corrected chi connectivity index (χ0v) is 22.5. The van der Waals surface area contributed by atoms with Crippen LogP contribution in [0.3, 0.4) is 0 Å². The molecule has 0 unspecified atom stereocenters. The number of nitrogens with zero attached hydrogens (tertiary/aromatic N) is 1.